The number of nitrogens with one attached hydrogen (secondary N) is 1. The molecule has 0 saturated carbocycles. The van der Waals surface area contributed by atoms with Crippen LogP contribution in [0.25, 0.3) is 0 Å². The molecule has 3 nitrogen and oxygen atoms in total. The highest BCUT2D eigenvalue weighted by molar-refractivity contribution is 5.98. The van der Waals surface area contributed by atoms with Gasteiger partial charge in [0.15, 0.2) is 0 Å². The van der Waals surface area contributed by atoms with Crippen LogP contribution in [0.3, 0.4) is 0 Å². The fourth-order valence-corrected chi connectivity index (χ4v) is 1.09. The molecular formula is C11H12F3NO2. The van der Waals surface area contributed by atoms with Gasteiger partial charge in [-0.25, -0.2) is 0 Å². The third-order valence-electron chi connectivity index (χ3n) is 2.39. The minimum atomic E-state index is -5.01. The molecule has 1 aromatic rings. The highest BCUT2D eigenvalue weighted by Gasteiger charge is 2.55. The number of rotatable bonds is 2. The van der Waals surface area contributed by atoms with Crippen molar-refractivity contribution in [1.82, 2.24) is 0 Å². The van der Waals surface area contributed by atoms with Crippen LogP contribution in [0.2, 0.25) is 0 Å². The summed E-state index contributed by atoms with van der Waals surface area (Å²) in [5, 5.41) is 11.2. The number of alkyl halides is 3. The first-order valence-corrected chi connectivity index (χ1v) is 4.82. The molecule has 0 aliphatic heterocycles. The largest absolute Gasteiger partial charge is 0.426 e. The highest BCUT2D eigenvalue weighted by atomic mass is 19.4. The minimum Gasteiger partial charge on any atom is -0.373 e. The van der Waals surface area contributed by atoms with Gasteiger partial charge in [0.1, 0.15) is 0 Å². The SMILES string of the molecule is Cc1ccccc1NC(=O)C(C)(O)C(F)(F)F. The minimum absolute atomic E-state index is 0.238. The van der Waals surface area contributed by atoms with Crippen molar-refractivity contribution < 1.29 is 23.1 Å². The van der Waals surface area contributed by atoms with E-state index in [2.05, 4.69) is 0 Å². The molecule has 0 radical (unpaired) electrons. The van der Waals surface area contributed by atoms with Gasteiger partial charge in [-0.1, -0.05) is 18.2 Å². The van der Waals surface area contributed by atoms with E-state index >= 15 is 0 Å². The molecule has 0 aromatic heterocycles. The molecule has 0 spiro atoms. The number of aliphatic hydroxyl groups is 1. The number of anilines is 1. The maximum Gasteiger partial charge on any atom is 0.426 e. The molecule has 0 aliphatic rings. The molecule has 0 bridgehead atoms. The third kappa shape index (κ3) is 2.76. The topological polar surface area (TPSA) is 49.3 Å². The molecule has 0 saturated heterocycles. The van der Waals surface area contributed by atoms with Crippen LogP contribution < -0.4 is 5.32 Å². The van der Waals surface area contributed by atoms with Gasteiger partial charge >= 0.3 is 6.18 Å². The number of para-hydroxylation sites is 1. The molecule has 1 aromatic carbocycles. The number of benzene rings is 1. The van der Waals surface area contributed by atoms with Crippen LogP contribution in [0, 0.1) is 6.92 Å². The second-order valence-corrected chi connectivity index (χ2v) is 3.84. The molecule has 94 valence electrons. The summed E-state index contributed by atoms with van der Waals surface area (Å²) in [6, 6.07) is 6.36. The van der Waals surface area contributed by atoms with E-state index in [-0.39, 0.29) is 5.69 Å². The monoisotopic (exact) mass is 247 g/mol. The summed E-state index contributed by atoms with van der Waals surface area (Å²) >= 11 is 0. The van der Waals surface area contributed by atoms with Crippen LogP contribution in [-0.2, 0) is 4.79 Å². The summed E-state index contributed by atoms with van der Waals surface area (Å²) < 4.78 is 37.1. The Hall–Kier alpha value is -1.56. The van der Waals surface area contributed by atoms with Crippen LogP contribution in [0.5, 0.6) is 0 Å². The van der Waals surface area contributed by atoms with Crippen molar-refractivity contribution >= 4 is 11.6 Å². The van der Waals surface area contributed by atoms with E-state index in [4.69, 9.17) is 5.11 Å². The zero-order chi connectivity index (χ0) is 13.3. The predicted octanol–water partition coefficient (Wildman–Crippen LogP) is 2.25. The lowest BCUT2D eigenvalue weighted by Crippen LogP contribution is -2.52. The number of aryl methyl sites for hydroxylation is 1. The molecule has 1 amide bonds. The van der Waals surface area contributed by atoms with Crippen LogP contribution >= 0.6 is 0 Å². The lowest BCUT2D eigenvalue weighted by molar-refractivity contribution is -0.242. The Bertz CT molecular complexity index is 427. The first kappa shape index (κ1) is 13.5. The maximum atomic E-state index is 12.4. The van der Waals surface area contributed by atoms with Gasteiger partial charge in [0.25, 0.3) is 5.91 Å². The number of halogens is 3. The second-order valence-electron chi connectivity index (χ2n) is 3.84. The molecule has 6 heteroatoms. The molecular weight excluding hydrogens is 235 g/mol. The van der Waals surface area contributed by atoms with E-state index in [0.29, 0.717) is 12.5 Å². The number of amides is 1. The fourth-order valence-electron chi connectivity index (χ4n) is 1.09. The van der Waals surface area contributed by atoms with Gasteiger partial charge in [-0.3, -0.25) is 4.79 Å². The van der Waals surface area contributed by atoms with E-state index in [1.165, 1.54) is 6.07 Å². The molecule has 0 aliphatic carbocycles. The maximum absolute atomic E-state index is 12.4. The van der Waals surface area contributed by atoms with Crippen molar-refractivity contribution in [1.29, 1.82) is 0 Å². The quantitative estimate of drug-likeness (QED) is 0.842. The van der Waals surface area contributed by atoms with E-state index in [1.807, 2.05) is 5.32 Å². The lowest BCUT2D eigenvalue weighted by Gasteiger charge is -2.25. The normalized spacial score (nSPS) is 15.2. The average Bonchev–Trinajstić information content (AvgIpc) is 2.19. The van der Waals surface area contributed by atoms with Crippen molar-refractivity contribution in [3.05, 3.63) is 29.8 Å². The van der Waals surface area contributed by atoms with Gasteiger partial charge in [0.2, 0.25) is 5.60 Å². The smallest absolute Gasteiger partial charge is 0.373 e. The standard InChI is InChI=1S/C11H12F3NO2/c1-7-5-3-4-6-8(7)15-9(16)10(2,17)11(12,13)14/h3-6,17H,1-2H3,(H,15,16). The van der Waals surface area contributed by atoms with Crippen LogP contribution in [0.4, 0.5) is 18.9 Å². The summed E-state index contributed by atoms with van der Waals surface area (Å²) in [4.78, 5) is 11.4. The summed E-state index contributed by atoms with van der Waals surface area (Å²) in [5.74, 6) is -1.50. The van der Waals surface area contributed by atoms with Crippen LogP contribution in [0.15, 0.2) is 24.3 Å². The molecule has 2 N–H and O–H groups in total. The Kier molecular flexibility index (Phi) is 3.47. The number of hydrogen-bond donors (Lipinski definition) is 2. The first-order valence-electron chi connectivity index (χ1n) is 4.82. The summed E-state index contributed by atoms with van der Waals surface area (Å²) in [5.41, 5.74) is -2.56. The number of carbonyl (C=O) groups is 1. The molecule has 0 fully saturated rings. The van der Waals surface area contributed by atoms with E-state index in [0.717, 1.165) is 0 Å². The Morgan fingerprint density at radius 3 is 2.29 bits per heavy atom. The van der Waals surface area contributed by atoms with Crippen LogP contribution in [0.1, 0.15) is 12.5 Å². The number of hydrogen-bond acceptors (Lipinski definition) is 2. The van der Waals surface area contributed by atoms with Gasteiger partial charge in [-0.2, -0.15) is 13.2 Å². The van der Waals surface area contributed by atoms with E-state index < -0.39 is 17.7 Å². The summed E-state index contributed by atoms with van der Waals surface area (Å²) in [6.07, 6.45) is -5.01. The Balaban J connectivity index is 2.91. The second kappa shape index (κ2) is 4.37. The van der Waals surface area contributed by atoms with Crippen molar-refractivity contribution in [2.24, 2.45) is 0 Å². The zero-order valence-electron chi connectivity index (χ0n) is 9.30. The predicted molar refractivity (Wildman–Crippen MR) is 56.5 cm³/mol. The molecule has 1 rings (SSSR count). The molecule has 1 atom stereocenters. The van der Waals surface area contributed by atoms with Gasteiger partial charge in [-0.05, 0) is 25.5 Å². The van der Waals surface area contributed by atoms with E-state index in [1.54, 1.807) is 25.1 Å². The Morgan fingerprint density at radius 1 is 1.29 bits per heavy atom. The van der Waals surface area contributed by atoms with Crippen molar-refractivity contribution in [2.45, 2.75) is 25.6 Å². The van der Waals surface area contributed by atoms with Gasteiger partial charge < -0.3 is 10.4 Å². The van der Waals surface area contributed by atoms with Crippen molar-refractivity contribution in [3.63, 3.8) is 0 Å². The van der Waals surface area contributed by atoms with Crippen molar-refractivity contribution in [2.75, 3.05) is 5.32 Å². The lowest BCUT2D eigenvalue weighted by atomic mass is 10.1. The fraction of sp³-hybridized carbons (Fsp3) is 0.364. The van der Waals surface area contributed by atoms with Crippen molar-refractivity contribution in [3.8, 4) is 0 Å². The Labute approximate surface area is 96.3 Å². The molecule has 17 heavy (non-hydrogen) atoms. The summed E-state index contributed by atoms with van der Waals surface area (Å²) in [7, 11) is 0. The summed E-state index contributed by atoms with van der Waals surface area (Å²) in [6.45, 7) is 2.05. The number of carbonyl (C=O) groups excluding carboxylic acids is 1. The highest BCUT2D eigenvalue weighted by Crippen LogP contribution is 2.31. The average molecular weight is 247 g/mol. The first-order chi connectivity index (χ1) is 7.66. The molecule has 0 heterocycles. The van der Waals surface area contributed by atoms with Gasteiger partial charge in [0, 0.05) is 5.69 Å². The third-order valence-corrected chi connectivity index (χ3v) is 2.39. The van der Waals surface area contributed by atoms with Crippen LogP contribution in [-0.4, -0.2) is 22.8 Å². The van der Waals surface area contributed by atoms with Gasteiger partial charge in [-0.15, -0.1) is 0 Å². The van der Waals surface area contributed by atoms with E-state index in [9.17, 15) is 18.0 Å². The Morgan fingerprint density at radius 2 is 1.82 bits per heavy atom. The zero-order valence-corrected chi connectivity index (χ0v) is 9.30. The van der Waals surface area contributed by atoms with Gasteiger partial charge in [0.05, 0.1) is 0 Å². The molecule has 1 unspecified atom stereocenters.